The van der Waals surface area contributed by atoms with Crippen LogP contribution in [0.2, 0.25) is 0 Å². The van der Waals surface area contributed by atoms with E-state index in [1.807, 2.05) is 36.2 Å². The van der Waals surface area contributed by atoms with E-state index in [4.69, 9.17) is 0 Å². The molecule has 0 saturated heterocycles. The van der Waals surface area contributed by atoms with Gasteiger partial charge in [-0.1, -0.05) is 0 Å². The summed E-state index contributed by atoms with van der Waals surface area (Å²) >= 11 is 0. The third kappa shape index (κ3) is 1.43. The van der Waals surface area contributed by atoms with Gasteiger partial charge in [0, 0.05) is 18.8 Å². The molecule has 0 spiro atoms. The highest BCUT2D eigenvalue weighted by molar-refractivity contribution is 5.79. The lowest BCUT2D eigenvalue weighted by atomic mass is 10.1. The Morgan fingerprint density at radius 2 is 2.06 bits per heavy atom. The van der Waals surface area contributed by atoms with Crippen molar-refractivity contribution in [3.63, 3.8) is 0 Å². The third-order valence-corrected chi connectivity index (χ3v) is 2.90. The van der Waals surface area contributed by atoms with E-state index in [-0.39, 0.29) is 0 Å². The van der Waals surface area contributed by atoms with Gasteiger partial charge in [0.1, 0.15) is 6.33 Å². The second-order valence-corrected chi connectivity index (χ2v) is 4.16. The molecule has 0 aliphatic heterocycles. The molecule has 0 N–H and O–H groups in total. The number of hydrogen-bond donors (Lipinski definition) is 0. The summed E-state index contributed by atoms with van der Waals surface area (Å²) in [4.78, 5) is 4.31. The molecule has 0 aromatic carbocycles. The van der Waals surface area contributed by atoms with Gasteiger partial charge < -0.3 is 0 Å². The summed E-state index contributed by atoms with van der Waals surface area (Å²) in [5.41, 5.74) is 5.18. The molecule has 0 amide bonds. The van der Waals surface area contributed by atoms with E-state index in [2.05, 4.69) is 21.2 Å². The van der Waals surface area contributed by atoms with Gasteiger partial charge in [-0.15, -0.1) is 0 Å². The number of rotatable bonds is 1. The smallest absolute Gasteiger partial charge is 0.118 e. The lowest BCUT2D eigenvalue weighted by molar-refractivity contribution is 0.774. The monoisotopic (exact) mass is 227 g/mol. The van der Waals surface area contributed by atoms with E-state index in [1.54, 1.807) is 12.5 Å². The summed E-state index contributed by atoms with van der Waals surface area (Å²) in [6, 6.07) is 4.07. The average Bonchev–Trinajstić information content (AvgIpc) is 2.85. The molecule has 5 heteroatoms. The van der Waals surface area contributed by atoms with Crippen LogP contribution in [-0.4, -0.2) is 24.4 Å². The van der Waals surface area contributed by atoms with Crippen molar-refractivity contribution in [3.05, 3.63) is 36.0 Å². The van der Waals surface area contributed by atoms with Crippen molar-refractivity contribution in [1.29, 1.82) is 0 Å². The molecule has 0 aliphatic rings. The third-order valence-electron chi connectivity index (χ3n) is 2.90. The SMILES string of the molecule is Cc1cc(-c2ccnn2C)c2c(C)ncn2n1. The molecule has 3 aromatic rings. The maximum absolute atomic E-state index is 4.42. The normalized spacial score (nSPS) is 11.2. The fraction of sp³-hybridized carbons (Fsp3) is 0.250. The molecule has 0 aliphatic carbocycles. The van der Waals surface area contributed by atoms with Gasteiger partial charge in [0.2, 0.25) is 0 Å². The molecule has 5 nitrogen and oxygen atoms in total. The molecule has 0 fully saturated rings. The van der Waals surface area contributed by atoms with Crippen LogP contribution in [0.4, 0.5) is 0 Å². The van der Waals surface area contributed by atoms with Crippen LogP contribution in [0, 0.1) is 13.8 Å². The molecule has 86 valence electrons. The van der Waals surface area contributed by atoms with Crippen LogP contribution in [-0.2, 0) is 7.05 Å². The van der Waals surface area contributed by atoms with E-state index in [0.29, 0.717) is 0 Å². The summed E-state index contributed by atoms with van der Waals surface area (Å²) in [5.74, 6) is 0. The topological polar surface area (TPSA) is 48.0 Å². The number of aryl methyl sites for hydroxylation is 3. The molecule has 0 radical (unpaired) electrons. The van der Waals surface area contributed by atoms with Crippen molar-refractivity contribution >= 4 is 5.52 Å². The minimum absolute atomic E-state index is 0.964. The summed E-state index contributed by atoms with van der Waals surface area (Å²) in [5, 5.41) is 8.63. The van der Waals surface area contributed by atoms with Gasteiger partial charge in [0.05, 0.1) is 22.6 Å². The first-order valence-electron chi connectivity index (χ1n) is 5.47. The second kappa shape index (κ2) is 3.41. The van der Waals surface area contributed by atoms with Crippen molar-refractivity contribution in [1.82, 2.24) is 24.4 Å². The maximum Gasteiger partial charge on any atom is 0.118 e. The average molecular weight is 227 g/mol. The van der Waals surface area contributed by atoms with Crippen LogP contribution in [0.1, 0.15) is 11.4 Å². The summed E-state index contributed by atoms with van der Waals surface area (Å²) in [6.07, 6.45) is 3.55. The summed E-state index contributed by atoms with van der Waals surface area (Å²) in [6.45, 7) is 3.97. The maximum atomic E-state index is 4.42. The highest BCUT2D eigenvalue weighted by Crippen LogP contribution is 2.25. The molecule has 17 heavy (non-hydrogen) atoms. The highest BCUT2D eigenvalue weighted by Gasteiger charge is 2.12. The number of nitrogens with zero attached hydrogens (tertiary/aromatic N) is 5. The zero-order valence-corrected chi connectivity index (χ0v) is 10.0. The van der Waals surface area contributed by atoms with E-state index in [1.165, 1.54) is 0 Å². The van der Waals surface area contributed by atoms with E-state index < -0.39 is 0 Å². The van der Waals surface area contributed by atoms with Gasteiger partial charge in [-0.3, -0.25) is 4.68 Å². The largest absolute Gasteiger partial charge is 0.268 e. The molecule has 3 aromatic heterocycles. The summed E-state index contributed by atoms with van der Waals surface area (Å²) in [7, 11) is 1.94. The predicted octanol–water partition coefficient (Wildman–Crippen LogP) is 1.75. The van der Waals surface area contributed by atoms with E-state index >= 15 is 0 Å². The Bertz CT molecular complexity index is 692. The molecular formula is C12H13N5. The number of hydrogen-bond acceptors (Lipinski definition) is 3. The number of fused-ring (bicyclic) bond motifs is 1. The Morgan fingerprint density at radius 1 is 1.24 bits per heavy atom. The van der Waals surface area contributed by atoms with Crippen molar-refractivity contribution in [2.75, 3.05) is 0 Å². The van der Waals surface area contributed by atoms with Crippen molar-refractivity contribution in [2.45, 2.75) is 13.8 Å². The van der Waals surface area contributed by atoms with E-state index in [9.17, 15) is 0 Å². The highest BCUT2D eigenvalue weighted by atomic mass is 15.3. The first kappa shape index (κ1) is 10.0. The number of aromatic nitrogens is 5. The van der Waals surface area contributed by atoms with Crippen LogP contribution in [0.5, 0.6) is 0 Å². The van der Waals surface area contributed by atoms with Gasteiger partial charge >= 0.3 is 0 Å². The van der Waals surface area contributed by atoms with Gasteiger partial charge in [-0.25, -0.2) is 9.50 Å². The Hall–Kier alpha value is -2.17. The van der Waals surface area contributed by atoms with Crippen molar-refractivity contribution in [2.24, 2.45) is 7.05 Å². The van der Waals surface area contributed by atoms with Gasteiger partial charge in [0.15, 0.2) is 0 Å². The Labute approximate surface area is 98.7 Å². The zero-order valence-electron chi connectivity index (χ0n) is 10.0. The zero-order chi connectivity index (χ0) is 12.0. The molecule has 0 saturated carbocycles. The van der Waals surface area contributed by atoms with Crippen molar-refractivity contribution < 1.29 is 0 Å². The first-order valence-corrected chi connectivity index (χ1v) is 5.47. The van der Waals surface area contributed by atoms with Crippen LogP contribution in [0.3, 0.4) is 0 Å². The van der Waals surface area contributed by atoms with Crippen LogP contribution in [0.25, 0.3) is 16.8 Å². The predicted molar refractivity (Wildman–Crippen MR) is 64.7 cm³/mol. The van der Waals surface area contributed by atoms with Crippen LogP contribution in [0.15, 0.2) is 24.7 Å². The van der Waals surface area contributed by atoms with E-state index in [0.717, 1.165) is 28.2 Å². The quantitative estimate of drug-likeness (QED) is 0.636. The molecular weight excluding hydrogens is 214 g/mol. The Morgan fingerprint density at radius 3 is 2.76 bits per heavy atom. The molecule has 0 unspecified atom stereocenters. The first-order chi connectivity index (χ1) is 8.16. The van der Waals surface area contributed by atoms with Crippen LogP contribution < -0.4 is 0 Å². The van der Waals surface area contributed by atoms with Gasteiger partial charge in [0.25, 0.3) is 0 Å². The fourth-order valence-electron chi connectivity index (χ4n) is 2.13. The van der Waals surface area contributed by atoms with Gasteiger partial charge in [-0.2, -0.15) is 10.2 Å². The fourth-order valence-corrected chi connectivity index (χ4v) is 2.13. The Kier molecular flexibility index (Phi) is 2.01. The number of imidazole rings is 1. The Balaban J connectivity index is 2.42. The molecule has 0 bridgehead atoms. The van der Waals surface area contributed by atoms with Crippen LogP contribution >= 0.6 is 0 Å². The minimum atomic E-state index is 0.964. The molecule has 3 rings (SSSR count). The summed E-state index contributed by atoms with van der Waals surface area (Å²) < 4.78 is 3.69. The lowest BCUT2D eigenvalue weighted by Gasteiger charge is -2.06. The minimum Gasteiger partial charge on any atom is -0.268 e. The molecule has 3 heterocycles. The second-order valence-electron chi connectivity index (χ2n) is 4.16. The molecule has 0 atom stereocenters. The van der Waals surface area contributed by atoms with Gasteiger partial charge in [-0.05, 0) is 26.0 Å². The van der Waals surface area contributed by atoms with Crippen molar-refractivity contribution in [3.8, 4) is 11.3 Å². The lowest BCUT2D eigenvalue weighted by Crippen LogP contribution is -1.99. The standard InChI is InChI=1S/C12H13N5/c1-8-6-10(11-4-5-14-16(11)3)12-9(2)13-7-17(12)15-8/h4-7H,1-3H3.